The molecule has 2 N–H and O–H groups in total. The summed E-state index contributed by atoms with van der Waals surface area (Å²) in [4.78, 5) is 12.1. The van der Waals surface area contributed by atoms with Crippen LogP contribution in [0.4, 0.5) is 5.69 Å². The number of hydrogen-bond donors (Lipinski definition) is 2. The van der Waals surface area contributed by atoms with Crippen molar-refractivity contribution in [3.05, 3.63) is 58.6 Å². The van der Waals surface area contributed by atoms with Gasteiger partial charge in [0.1, 0.15) is 12.4 Å². The van der Waals surface area contributed by atoms with E-state index >= 15 is 0 Å². The van der Waals surface area contributed by atoms with Gasteiger partial charge in [0, 0.05) is 5.56 Å². The number of ether oxygens (including phenoxy) is 1. The number of carbonyl (C=O) groups excluding carboxylic acids is 1. The summed E-state index contributed by atoms with van der Waals surface area (Å²) >= 11 is 5.98. The summed E-state index contributed by atoms with van der Waals surface area (Å²) in [6.07, 6.45) is 1.08. The maximum absolute atomic E-state index is 12.1. The van der Waals surface area contributed by atoms with Gasteiger partial charge in [-0.3, -0.25) is 9.52 Å². The fourth-order valence-electron chi connectivity index (χ4n) is 2.11. The molecule has 0 radical (unpaired) electrons. The number of para-hydroxylation sites is 1. The summed E-state index contributed by atoms with van der Waals surface area (Å²) < 4.78 is 30.4. The number of carbonyl (C=O) groups is 1. The van der Waals surface area contributed by atoms with E-state index in [1.165, 1.54) is 0 Å². The molecule has 8 heteroatoms. The zero-order valence-electron chi connectivity index (χ0n) is 13.9. The molecule has 0 atom stereocenters. The number of anilines is 1. The van der Waals surface area contributed by atoms with E-state index in [4.69, 9.17) is 16.3 Å². The van der Waals surface area contributed by atoms with Crippen molar-refractivity contribution in [2.75, 3.05) is 24.1 Å². The number of nitrogens with one attached hydrogen (secondary N) is 2. The van der Waals surface area contributed by atoms with E-state index < -0.39 is 10.0 Å². The van der Waals surface area contributed by atoms with Crippen LogP contribution in [-0.2, 0) is 10.0 Å². The minimum Gasteiger partial charge on any atom is -0.490 e. The van der Waals surface area contributed by atoms with Crippen LogP contribution in [-0.4, -0.2) is 33.7 Å². The van der Waals surface area contributed by atoms with Crippen molar-refractivity contribution < 1.29 is 17.9 Å². The van der Waals surface area contributed by atoms with E-state index in [0.29, 0.717) is 34.1 Å². The summed E-state index contributed by atoms with van der Waals surface area (Å²) in [6.45, 7) is 2.32. The zero-order valence-corrected chi connectivity index (χ0v) is 15.4. The quantitative estimate of drug-likeness (QED) is 0.721. The van der Waals surface area contributed by atoms with Gasteiger partial charge in [-0.15, -0.1) is 0 Å². The highest BCUT2D eigenvalue weighted by Crippen LogP contribution is 2.22. The van der Waals surface area contributed by atoms with Gasteiger partial charge >= 0.3 is 0 Å². The molecular formula is C17H19ClN2O4S. The van der Waals surface area contributed by atoms with Crippen molar-refractivity contribution in [2.45, 2.75) is 6.92 Å². The Morgan fingerprint density at radius 3 is 2.56 bits per heavy atom. The molecule has 6 nitrogen and oxygen atoms in total. The summed E-state index contributed by atoms with van der Waals surface area (Å²) in [5, 5.41) is 3.25. The van der Waals surface area contributed by atoms with Gasteiger partial charge in [0.25, 0.3) is 5.91 Å². The van der Waals surface area contributed by atoms with Crippen LogP contribution in [0.15, 0.2) is 42.5 Å². The third-order valence-corrected chi connectivity index (χ3v) is 4.17. The number of amides is 1. The third kappa shape index (κ3) is 5.95. The van der Waals surface area contributed by atoms with Gasteiger partial charge in [-0.1, -0.05) is 23.7 Å². The smallest absolute Gasteiger partial charge is 0.251 e. The molecule has 134 valence electrons. The molecule has 0 aliphatic heterocycles. The molecule has 0 bridgehead atoms. The van der Waals surface area contributed by atoms with Gasteiger partial charge in [0.05, 0.1) is 23.5 Å². The lowest BCUT2D eigenvalue weighted by Gasteiger charge is -2.11. The Morgan fingerprint density at radius 2 is 1.92 bits per heavy atom. The maximum atomic E-state index is 12.1. The van der Waals surface area contributed by atoms with E-state index in [0.717, 1.165) is 6.26 Å². The van der Waals surface area contributed by atoms with Crippen molar-refractivity contribution in [3.63, 3.8) is 0 Å². The van der Waals surface area contributed by atoms with Crippen LogP contribution in [0.1, 0.15) is 15.9 Å². The van der Waals surface area contributed by atoms with Gasteiger partial charge in [-0.05, 0) is 42.8 Å². The predicted molar refractivity (Wildman–Crippen MR) is 98.9 cm³/mol. The number of sulfonamides is 1. The molecule has 0 unspecified atom stereocenters. The number of rotatable bonds is 7. The number of aryl methyl sites for hydroxylation is 1. The average molecular weight is 383 g/mol. The van der Waals surface area contributed by atoms with Crippen molar-refractivity contribution in [3.8, 4) is 5.75 Å². The van der Waals surface area contributed by atoms with E-state index in [2.05, 4.69) is 10.0 Å². The normalized spacial score (nSPS) is 11.0. The molecule has 0 saturated heterocycles. The molecule has 0 aromatic heterocycles. The standard InChI is InChI=1S/C17H19ClN2O4S/c1-12-11-13(7-8-15(12)20-25(2,22)23)17(21)19-9-10-24-16-6-4-3-5-14(16)18/h3-8,11,20H,9-10H2,1-2H3,(H,19,21). The Kier molecular flexibility index (Phi) is 6.27. The lowest BCUT2D eigenvalue weighted by atomic mass is 10.1. The van der Waals surface area contributed by atoms with Crippen molar-refractivity contribution in [1.29, 1.82) is 0 Å². The first-order valence-corrected chi connectivity index (χ1v) is 9.77. The molecule has 0 fully saturated rings. The fraction of sp³-hybridized carbons (Fsp3) is 0.235. The minimum atomic E-state index is -3.36. The maximum Gasteiger partial charge on any atom is 0.251 e. The second kappa shape index (κ2) is 8.22. The van der Waals surface area contributed by atoms with E-state index in [9.17, 15) is 13.2 Å². The molecule has 2 rings (SSSR count). The van der Waals surface area contributed by atoms with Gasteiger partial charge < -0.3 is 10.1 Å². The van der Waals surface area contributed by atoms with E-state index in [-0.39, 0.29) is 12.5 Å². The minimum absolute atomic E-state index is 0.267. The molecule has 2 aromatic carbocycles. The molecule has 0 saturated carbocycles. The predicted octanol–water partition coefficient (Wildman–Crippen LogP) is 2.83. The molecule has 25 heavy (non-hydrogen) atoms. The van der Waals surface area contributed by atoms with Gasteiger partial charge in [-0.2, -0.15) is 0 Å². The lowest BCUT2D eigenvalue weighted by molar-refractivity contribution is 0.0947. The van der Waals surface area contributed by atoms with Crippen LogP contribution in [0.5, 0.6) is 5.75 Å². The topological polar surface area (TPSA) is 84.5 Å². The first-order chi connectivity index (χ1) is 11.8. The Balaban J connectivity index is 1.88. The van der Waals surface area contributed by atoms with Crippen LogP contribution < -0.4 is 14.8 Å². The molecule has 0 aliphatic carbocycles. The fourth-order valence-corrected chi connectivity index (χ4v) is 2.93. The zero-order chi connectivity index (χ0) is 18.4. The monoisotopic (exact) mass is 382 g/mol. The Morgan fingerprint density at radius 1 is 1.20 bits per heavy atom. The molecular weight excluding hydrogens is 364 g/mol. The second-order valence-electron chi connectivity index (χ2n) is 5.44. The van der Waals surface area contributed by atoms with Gasteiger partial charge in [0.15, 0.2) is 0 Å². The first-order valence-electron chi connectivity index (χ1n) is 7.50. The highest BCUT2D eigenvalue weighted by molar-refractivity contribution is 7.92. The molecule has 0 aliphatic rings. The van der Waals surface area contributed by atoms with Crippen LogP contribution in [0.2, 0.25) is 5.02 Å². The Hall–Kier alpha value is -2.25. The van der Waals surface area contributed by atoms with Crippen molar-refractivity contribution in [1.82, 2.24) is 5.32 Å². The first kappa shape index (κ1) is 19.1. The molecule has 0 spiro atoms. The van der Waals surface area contributed by atoms with E-state index in [1.807, 2.05) is 12.1 Å². The summed E-state index contributed by atoms with van der Waals surface area (Å²) in [5.41, 5.74) is 1.54. The number of benzene rings is 2. The molecule has 2 aromatic rings. The highest BCUT2D eigenvalue weighted by atomic mass is 35.5. The average Bonchev–Trinajstić information content (AvgIpc) is 2.53. The third-order valence-electron chi connectivity index (χ3n) is 3.27. The van der Waals surface area contributed by atoms with Crippen LogP contribution in [0, 0.1) is 6.92 Å². The Bertz CT molecular complexity index is 869. The van der Waals surface area contributed by atoms with Gasteiger partial charge in [-0.25, -0.2) is 8.42 Å². The summed E-state index contributed by atoms with van der Waals surface area (Å²) in [6, 6.07) is 11.8. The van der Waals surface area contributed by atoms with Crippen LogP contribution >= 0.6 is 11.6 Å². The van der Waals surface area contributed by atoms with Crippen molar-refractivity contribution >= 4 is 33.2 Å². The van der Waals surface area contributed by atoms with E-state index in [1.54, 1.807) is 37.3 Å². The van der Waals surface area contributed by atoms with Gasteiger partial charge in [0.2, 0.25) is 10.0 Å². The lowest BCUT2D eigenvalue weighted by Crippen LogP contribution is -2.28. The van der Waals surface area contributed by atoms with Crippen molar-refractivity contribution in [2.24, 2.45) is 0 Å². The number of halogens is 1. The SMILES string of the molecule is Cc1cc(C(=O)NCCOc2ccccc2Cl)ccc1NS(C)(=O)=O. The highest BCUT2D eigenvalue weighted by Gasteiger charge is 2.10. The molecule has 0 heterocycles. The summed E-state index contributed by atoms with van der Waals surface area (Å²) in [7, 11) is -3.36. The van der Waals surface area contributed by atoms with Crippen LogP contribution in [0.25, 0.3) is 0 Å². The molecule has 1 amide bonds. The Labute approximate surface area is 152 Å². The second-order valence-corrected chi connectivity index (χ2v) is 7.59. The number of hydrogen-bond acceptors (Lipinski definition) is 4. The van der Waals surface area contributed by atoms with Crippen LogP contribution in [0.3, 0.4) is 0 Å². The summed E-state index contributed by atoms with van der Waals surface area (Å²) in [5.74, 6) is 0.294. The largest absolute Gasteiger partial charge is 0.490 e.